The van der Waals surface area contributed by atoms with Crippen molar-refractivity contribution in [1.82, 2.24) is 15.1 Å². The average Bonchev–Trinajstić information content (AvgIpc) is 2.53. The Bertz CT molecular complexity index is 553. The van der Waals surface area contributed by atoms with Crippen molar-refractivity contribution < 1.29 is 4.79 Å². The third kappa shape index (κ3) is 0.821. The lowest BCUT2D eigenvalue weighted by Gasteiger charge is -1.99. The quantitative estimate of drug-likeness (QED) is 0.670. The van der Waals surface area contributed by atoms with Crippen molar-refractivity contribution in [3.63, 3.8) is 0 Å². The molecule has 2 heterocycles. The fraction of sp³-hybridized carbons (Fsp3) is 0. The number of aromatic nitrogens is 2. The van der Waals surface area contributed by atoms with Gasteiger partial charge in [-0.1, -0.05) is 12.1 Å². The van der Waals surface area contributed by atoms with Crippen molar-refractivity contribution in [3.05, 3.63) is 36.2 Å². The molecule has 1 amide bonds. The minimum absolute atomic E-state index is 0.0916. The summed E-state index contributed by atoms with van der Waals surface area (Å²) in [5.74, 6) is -0.0916. The lowest BCUT2D eigenvalue weighted by atomic mass is 10.1. The highest BCUT2D eigenvalue weighted by molar-refractivity contribution is 6.07. The van der Waals surface area contributed by atoms with E-state index in [-0.39, 0.29) is 5.91 Å². The van der Waals surface area contributed by atoms with Crippen LogP contribution >= 0.6 is 0 Å². The molecule has 68 valence electrons. The Morgan fingerprint density at radius 1 is 1.36 bits per heavy atom. The van der Waals surface area contributed by atoms with Crippen LogP contribution in [-0.4, -0.2) is 15.7 Å². The molecule has 0 bridgehead atoms. The summed E-state index contributed by atoms with van der Waals surface area (Å²) in [4.78, 5) is 11.6. The standard InChI is InChI=1S/C10H7N3O/c14-10-8-3-1-2-7-6-12-13(9(7)8)5-4-11-10/h1-6H,(H,11,14). The van der Waals surface area contributed by atoms with Crippen LogP contribution in [0.25, 0.3) is 17.1 Å². The molecule has 0 saturated carbocycles. The van der Waals surface area contributed by atoms with Crippen LogP contribution in [0, 0.1) is 0 Å². The molecule has 3 rings (SSSR count). The van der Waals surface area contributed by atoms with Gasteiger partial charge in [0.25, 0.3) is 5.91 Å². The first-order valence-electron chi connectivity index (χ1n) is 4.30. The number of benzene rings is 1. The fourth-order valence-electron chi connectivity index (χ4n) is 1.66. The van der Waals surface area contributed by atoms with E-state index in [1.54, 1.807) is 29.3 Å². The van der Waals surface area contributed by atoms with Gasteiger partial charge in [-0.25, -0.2) is 4.68 Å². The minimum atomic E-state index is -0.0916. The van der Waals surface area contributed by atoms with E-state index in [1.165, 1.54) is 0 Å². The summed E-state index contributed by atoms with van der Waals surface area (Å²) < 4.78 is 1.70. The highest BCUT2D eigenvalue weighted by atomic mass is 16.1. The largest absolute Gasteiger partial charge is 0.327 e. The molecule has 2 aromatic rings. The summed E-state index contributed by atoms with van der Waals surface area (Å²) in [6.07, 6.45) is 5.08. The number of nitrogens with one attached hydrogen (secondary N) is 1. The number of carbonyl (C=O) groups excluding carboxylic acids is 1. The molecule has 0 atom stereocenters. The molecule has 0 aliphatic carbocycles. The Hall–Kier alpha value is -2.10. The van der Waals surface area contributed by atoms with Gasteiger partial charge in [0, 0.05) is 17.8 Å². The molecule has 14 heavy (non-hydrogen) atoms. The van der Waals surface area contributed by atoms with Crippen molar-refractivity contribution >= 4 is 23.0 Å². The lowest BCUT2D eigenvalue weighted by Crippen LogP contribution is -2.15. The highest BCUT2D eigenvalue weighted by Crippen LogP contribution is 2.20. The Kier molecular flexibility index (Phi) is 1.28. The summed E-state index contributed by atoms with van der Waals surface area (Å²) in [6.45, 7) is 0. The molecule has 4 nitrogen and oxygen atoms in total. The molecule has 4 heteroatoms. The van der Waals surface area contributed by atoms with Crippen LogP contribution in [0.2, 0.25) is 0 Å². The van der Waals surface area contributed by atoms with E-state index in [0.717, 1.165) is 10.9 Å². The lowest BCUT2D eigenvalue weighted by molar-refractivity contribution is 0.0972. The molecule has 0 unspecified atom stereocenters. The maximum absolute atomic E-state index is 11.6. The van der Waals surface area contributed by atoms with Crippen LogP contribution in [0.1, 0.15) is 10.4 Å². The molecule has 1 aliphatic heterocycles. The Morgan fingerprint density at radius 3 is 3.21 bits per heavy atom. The number of rotatable bonds is 0. The van der Waals surface area contributed by atoms with Crippen molar-refractivity contribution in [2.75, 3.05) is 0 Å². The van der Waals surface area contributed by atoms with Crippen LogP contribution in [0.5, 0.6) is 0 Å². The highest BCUT2D eigenvalue weighted by Gasteiger charge is 2.14. The van der Waals surface area contributed by atoms with E-state index in [2.05, 4.69) is 10.4 Å². The minimum Gasteiger partial charge on any atom is -0.327 e. The van der Waals surface area contributed by atoms with Gasteiger partial charge in [-0.15, -0.1) is 0 Å². The summed E-state index contributed by atoms with van der Waals surface area (Å²) in [5, 5.41) is 7.79. The van der Waals surface area contributed by atoms with Gasteiger partial charge in [0.2, 0.25) is 0 Å². The molecule has 0 radical (unpaired) electrons. The molecule has 0 spiro atoms. The van der Waals surface area contributed by atoms with Crippen LogP contribution in [0.15, 0.2) is 30.6 Å². The molecule has 1 aliphatic rings. The van der Waals surface area contributed by atoms with Crippen LogP contribution in [0.3, 0.4) is 0 Å². The number of hydrogen-bond donors (Lipinski definition) is 1. The molecule has 1 aromatic heterocycles. The van der Waals surface area contributed by atoms with Crippen LogP contribution in [0.4, 0.5) is 0 Å². The molecule has 1 aromatic carbocycles. The molecule has 0 fully saturated rings. The normalized spacial score (nSPS) is 14.1. The van der Waals surface area contributed by atoms with Crippen molar-refractivity contribution in [1.29, 1.82) is 0 Å². The first-order valence-corrected chi connectivity index (χ1v) is 4.30. The van der Waals surface area contributed by atoms with E-state index in [9.17, 15) is 4.79 Å². The predicted octanol–water partition coefficient (Wildman–Crippen LogP) is 1.21. The number of hydrogen-bond acceptors (Lipinski definition) is 2. The van der Waals surface area contributed by atoms with Gasteiger partial charge in [0.05, 0.1) is 17.3 Å². The Morgan fingerprint density at radius 2 is 2.29 bits per heavy atom. The molecule has 0 saturated heterocycles. The van der Waals surface area contributed by atoms with Crippen molar-refractivity contribution in [2.24, 2.45) is 0 Å². The first kappa shape index (κ1) is 7.32. The van der Waals surface area contributed by atoms with E-state index in [4.69, 9.17) is 0 Å². The van der Waals surface area contributed by atoms with Gasteiger partial charge >= 0.3 is 0 Å². The number of amides is 1. The Balaban J connectivity index is 2.52. The van der Waals surface area contributed by atoms with Crippen molar-refractivity contribution in [3.8, 4) is 0 Å². The molecular weight excluding hydrogens is 178 g/mol. The van der Waals surface area contributed by atoms with Gasteiger partial charge in [-0.2, -0.15) is 5.10 Å². The molecular formula is C10H7N3O. The Labute approximate surface area is 79.8 Å². The third-order valence-corrected chi connectivity index (χ3v) is 2.29. The van der Waals surface area contributed by atoms with Gasteiger partial charge in [-0.05, 0) is 6.07 Å². The third-order valence-electron chi connectivity index (χ3n) is 2.29. The van der Waals surface area contributed by atoms with E-state index < -0.39 is 0 Å². The first-order chi connectivity index (χ1) is 6.86. The number of para-hydroxylation sites is 1. The zero-order chi connectivity index (χ0) is 9.54. The van der Waals surface area contributed by atoms with Crippen LogP contribution in [-0.2, 0) is 0 Å². The van der Waals surface area contributed by atoms with E-state index >= 15 is 0 Å². The average molecular weight is 185 g/mol. The van der Waals surface area contributed by atoms with Gasteiger partial charge in [0.15, 0.2) is 0 Å². The summed E-state index contributed by atoms with van der Waals surface area (Å²) in [7, 11) is 0. The molecule has 1 N–H and O–H groups in total. The number of carbonyl (C=O) groups is 1. The van der Waals surface area contributed by atoms with Gasteiger partial charge in [0.1, 0.15) is 0 Å². The van der Waals surface area contributed by atoms with E-state index in [0.29, 0.717) is 5.56 Å². The fourth-order valence-corrected chi connectivity index (χ4v) is 1.66. The summed E-state index contributed by atoms with van der Waals surface area (Å²) in [5.41, 5.74) is 1.52. The maximum Gasteiger partial charge on any atom is 0.257 e. The van der Waals surface area contributed by atoms with Gasteiger partial charge < -0.3 is 5.32 Å². The monoisotopic (exact) mass is 185 g/mol. The number of nitrogens with zero attached hydrogens (tertiary/aromatic N) is 2. The zero-order valence-corrected chi connectivity index (χ0v) is 7.27. The second kappa shape index (κ2) is 2.45. The van der Waals surface area contributed by atoms with E-state index in [1.807, 2.05) is 12.1 Å². The second-order valence-electron chi connectivity index (χ2n) is 3.12. The van der Waals surface area contributed by atoms with Gasteiger partial charge in [-0.3, -0.25) is 4.79 Å². The second-order valence-corrected chi connectivity index (χ2v) is 3.12. The maximum atomic E-state index is 11.6. The SMILES string of the molecule is O=C1NC=Cn2ncc3cccc1c32. The smallest absolute Gasteiger partial charge is 0.257 e. The van der Waals surface area contributed by atoms with Crippen molar-refractivity contribution in [2.45, 2.75) is 0 Å². The topological polar surface area (TPSA) is 46.9 Å². The zero-order valence-electron chi connectivity index (χ0n) is 7.27. The summed E-state index contributed by atoms with van der Waals surface area (Å²) in [6, 6.07) is 5.59. The predicted molar refractivity (Wildman–Crippen MR) is 52.5 cm³/mol. The van der Waals surface area contributed by atoms with Crippen LogP contribution < -0.4 is 5.32 Å². The summed E-state index contributed by atoms with van der Waals surface area (Å²) >= 11 is 0.